The minimum atomic E-state index is -0.819. The second-order valence-electron chi connectivity index (χ2n) is 6.45. The fourth-order valence-corrected chi connectivity index (χ4v) is 2.64. The minimum absolute atomic E-state index is 0.0601. The molecule has 2 fully saturated rings. The summed E-state index contributed by atoms with van der Waals surface area (Å²) in [5, 5.41) is 2.90. The number of hydrogen-bond acceptors (Lipinski definition) is 3. The molecule has 0 spiro atoms. The van der Waals surface area contributed by atoms with E-state index in [2.05, 4.69) is 19.2 Å². The van der Waals surface area contributed by atoms with Gasteiger partial charge in [0, 0.05) is 32.7 Å². The largest absolute Gasteiger partial charge is 0.355 e. The molecule has 3 amide bonds. The van der Waals surface area contributed by atoms with Gasteiger partial charge in [-0.3, -0.25) is 14.4 Å². The van der Waals surface area contributed by atoms with Crippen LogP contribution in [-0.4, -0.2) is 60.7 Å². The van der Waals surface area contributed by atoms with Crippen LogP contribution in [0.15, 0.2) is 0 Å². The van der Waals surface area contributed by atoms with Crippen LogP contribution in [0.3, 0.4) is 0 Å². The molecular weight excluding hydrogens is 270 g/mol. The summed E-state index contributed by atoms with van der Waals surface area (Å²) in [6.45, 7) is 7.01. The number of amides is 3. The van der Waals surface area contributed by atoms with Crippen molar-refractivity contribution in [2.24, 2.45) is 11.3 Å². The number of rotatable bonds is 6. The van der Waals surface area contributed by atoms with Gasteiger partial charge in [0.15, 0.2) is 0 Å². The van der Waals surface area contributed by atoms with Gasteiger partial charge >= 0.3 is 0 Å². The second-order valence-corrected chi connectivity index (χ2v) is 6.45. The Hall–Kier alpha value is -1.59. The lowest BCUT2D eigenvalue weighted by atomic mass is 10.0. The summed E-state index contributed by atoms with van der Waals surface area (Å²) in [5.41, 5.74) is -0.819. The molecule has 1 aliphatic heterocycles. The molecule has 21 heavy (non-hydrogen) atoms. The number of hydrogen-bond donors (Lipinski definition) is 1. The van der Waals surface area contributed by atoms with E-state index in [1.165, 1.54) is 0 Å². The summed E-state index contributed by atoms with van der Waals surface area (Å²) >= 11 is 0. The third-order valence-corrected chi connectivity index (χ3v) is 4.35. The molecule has 118 valence electrons. The lowest BCUT2D eigenvalue weighted by Crippen LogP contribution is -2.53. The van der Waals surface area contributed by atoms with Crippen LogP contribution < -0.4 is 5.32 Å². The fourth-order valence-electron chi connectivity index (χ4n) is 2.64. The number of nitrogens with one attached hydrogen (secondary N) is 1. The zero-order chi connectivity index (χ0) is 15.5. The Labute approximate surface area is 125 Å². The molecule has 0 bridgehead atoms. The fraction of sp³-hybridized carbons (Fsp3) is 0.800. The standard InChI is InChI=1S/C15H25N3O3/c1-12(2)3-6-16-13(20)15(4-5-15)14(21)18-9-7-17(11-19)8-10-18/h11-12H,3-10H2,1-2H3,(H,16,20). The number of carbonyl (C=O) groups is 3. The first-order valence-electron chi connectivity index (χ1n) is 7.76. The van der Waals surface area contributed by atoms with Gasteiger partial charge in [0.2, 0.25) is 18.2 Å². The van der Waals surface area contributed by atoms with Gasteiger partial charge in [-0.15, -0.1) is 0 Å². The van der Waals surface area contributed by atoms with Crippen molar-refractivity contribution in [2.75, 3.05) is 32.7 Å². The Balaban J connectivity index is 1.86. The Kier molecular flexibility index (Phi) is 4.85. The van der Waals surface area contributed by atoms with Gasteiger partial charge in [0.1, 0.15) is 5.41 Å². The first-order valence-corrected chi connectivity index (χ1v) is 7.76. The van der Waals surface area contributed by atoms with Crippen LogP contribution in [0.4, 0.5) is 0 Å². The van der Waals surface area contributed by atoms with Crippen LogP contribution in [0, 0.1) is 11.3 Å². The van der Waals surface area contributed by atoms with E-state index in [9.17, 15) is 14.4 Å². The summed E-state index contributed by atoms with van der Waals surface area (Å²) in [6.07, 6.45) is 3.03. The predicted molar refractivity (Wildman–Crippen MR) is 78.3 cm³/mol. The summed E-state index contributed by atoms with van der Waals surface area (Å²) in [6, 6.07) is 0. The van der Waals surface area contributed by atoms with E-state index in [1.54, 1.807) is 9.80 Å². The van der Waals surface area contributed by atoms with Crippen molar-refractivity contribution in [1.82, 2.24) is 15.1 Å². The minimum Gasteiger partial charge on any atom is -0.355 e. The topological polar surface area (TPSA) is 69.7 Å². The molecule has 0 aromatic heterocycles. The molecule has 2 aliphatic rings. The molecular formula is C15H25N3O3. The second kappa shape index (κ2) is 6.45. The molecule has 6 heteroatoms. The third-order valence-electron chi connectivity index (χ3n) is 4.35. The van der Waals surface area contributed by atoms with Gasteiger partial charge in [-0.05, 0) is 25.2 Å². The van der Waals surface area contributed by atoms with E-state index in [1.807, 2.05) is 0 Å². The maximum absolute atomic E-state index is 12.6. The Morgan fingerprint density at radius 2 is 1.81 bits per heavy atom. The average Bonchev–Trinajstić information content (AvgIpc) is 3.28. The summed E-state index contributed by atoms with van der Waals surface area (Å²) in [7, 11) is 0. The maximum atomic E-state index is 12.6. The van der Waals surface area contributed by atoms with Crippen molar-refractivity contribution in [3.05, 3.63) is 0 Å². The zero-order valence-corrected chi connectivity index (χ0v) is 12.9. The van der Waals surface area contributed by atoms with E-state index in [0.29, 0.717) is 51.5 Å². The van der Waals surface area contributed by atoms with Crippen LogP contribution in [0.2, 0.25) is 0 Å². The van der Waals surface area contributed by atoms with E-state index in [0.717, 1.165) is 12.8 Å². The molecule has 1 saturated heterocycles. The Morgan fingerprint density at radius 3 is 2.29 bits per heavy atom. The van der Waals surface area contributed by atoms with Crippen molar-refractivity contribution in [3.8, 4) is 0 Å². The first-order chi connectivity index (χ1) is 9.99. The molecule has 0 atom stereocenters. The average molecular weight is 295 g/mol. The molecule has 0 aromatic carbocycles. The molecule has 6 nitrogen and oxygen atoms in total. The van der Waals surface area contributed by atoms with Gasteiger partial charge in [-0.25, -0.2) is 0 Å². The van der Waals surface area contributed by atoms with Crippen molar-refractivity contribution >= 4 is 18.2 Å². The van der Waals surface area contributed by atoms with Crippen molar-refractivity contribution in [2.45, 2.75) is 33.1 Å². The predicted octanol–water partition coefficient (Wildman–Crippen LogP) is 0.230. The first kappa shape index (κ1) is 15.8. The monoisotopic (exact) mass is 295 g/mol. The van der Waals surface area contributed by atoms with Crippen molar-refractivity contribution < 1.29 is 14.4 Å². The van der Waals surface area contributed by atoms with Gasteiger partial charge in [0.25, 0.3) is 0 Å². The van der Waals surface area contributed by atoms with E-state index >= 15 is 0 Å². The van der Waals surface area contributed by atoms with E-state index in [-0.39, 0.29) is 11.8 Å². The van der Waals surface area contributed by atoms with Crippen LogP contribution in [-0.2, 0) is 14.4 Å². The molecule has 1 aliphatic carbocycles. The molecule has 0 aromatic rings. The smallest absolute Gasteiger partial charge is 0.238 e. The zero-order valence-electron chi connectivity index (χ0n) is 12.9. The SMILES string of the molecule is CC(C)CCNC(=O)C1(C(=O)N2CCN(C=O)CC2)CC1. The molecule has 0 radical (unpaired) electrons. The molecule has 0 unspecified atom stereocenters. The molecule has 2 rings (SSSR count). The van der Waals surface area contributed by atoms with Gasteiger partial charge in [-0.1, -0.05) is 13.8 Å². The Morgan fingerprint density at radius 1 is 1.19 bits per heavy atom. The summed E-state index contributed by atoms with van der Waals surface area (Å²) < 4.78 is 0. The maximum Gasteiger partial charge on any atom is 0.238 e. The highest BCUT2D eigenvalue weighted by Crippen LogP contribution is 2.47. The van der Waals surface area contributed by atoms with E-state index in [4.69, 9.17) is 0 Å². The van der Waals surface area contributed by atoms with Crippen LogP contribution in [0.25, 0.3) is 0 Å². The quantitative estimate of drug-likeness (QED) is 0.563. The van der Waals surface area contributed by atoms with Gasteiger partial charge < -0.3 is 15.1 Å². The lowest BCUT2D eigenvalue weighted by Gasteiger charge is -2.34. The number of carbonyl (C=O) groups excluding carboxylic acids is 3. The Bertz CT molecular complexity index is 410. The van der Waals surface area contributed by atoms with Crippen molar-refractivity contribution in [3.63, 3.8) is 0 Å². The summed E-state index contributed by atoms with van der Waals surface area (Å²) in [5.74, 6) is 0.355. The highest BCUT2D eigenvalue weighted by atomic mass is 16.2. The molecule has 1 saturated carbocycles. The van der Waals surface area contributed by atoms with Crippen molar-refractivity contribution in [1.29, 1.82) is 0 Å². The number of piperazine rings is 1. The summed E-state index contributed by atoms with van der Waals surface area (Å²) in [4.78, 5) is 38.9. The molecule has 1 heterocycles. The third kappa shape index (κ3) is 3.54. The highest BCUT2D eigenvalue weighted by molar-refractivity contribution is 6.07. The van der Waals surface area contributed by atoms with Crippen LogP contribution >= 0.6 is 0 Å². The van der Waals surface area contributed by atoms with Crippen LogP contribution in [0.1, 0.15) is 33.1 Å². The normalized spacial score (nSPS) is 20.3. The molecule has 1 N–H and O–H groups in total. The number of nitrogens with zero attached hydrogens (tertiary/aromatic N) is 2. The highest BCUT2D eigenvalue weighted by Gasteiger charge is 2.57. The van der Waals surface area contributed by atoms with E-state index < -0.39 is 5.41 Å². The van der Waals surface area contributed by atoms with Gasteiger partial charge in [0.05, 0.1) is 0 Å². The van der Waals surface area contributed by atoms with Gasteiger partial charge in [-0.2, -0.15) is 0 Å². The van der Waals surface area contributed by atoms with Crippen LogP contribution in [0.5, 0.6) is 0 Å². The lowest BCUT2D eigenvalue weighted by molar-refractivity contribution is -0.146.